The van der Waals surface area contributed by atoms with Crippen LogP contribution in [0.1, 0.15) is 12.8 Å². The minimum atomic E-state index is 0.628. The molecule has 2 bridgehead atoms. The molecule has 1 saturated carbocycles. The Morgan fingerprint density at radius 1 is 1.12 bits per heavy atom. The Morgan fingerprint density at radius 2 is 1.94 bits per heavy atom. The topological polar surface area (TPSA) is 21.3 Å². The number of allylic oxidation sites excluding steroid dienone is 1. The van der Waals surface area contributed by atoms with Crippen molar-refractivity contribution in [2.24, 2.45) is 11.8 Å². The lowest BCUT2D eigenvalue weighted by atomic mass is 10.0. The Kier molecular flexibility index (Phi) is 2.35. The zero-order chi connectivity index (χ0) is 11.0. The minimum Gasteiger partial charge on any atom is -0.497 e. The molecule has 0 saturated heterocycles. The van der Waals surface area contributed by atoms with Crippen LogP contribution in [-0.2, 0) is 0 Å². The largest absolute Gasteiger partial charge is 0.497 e. The lowest BCUT2D eigenvalue weighted by Crippen LogP contribution is -2.23. The molecule has 16 heavy (non-hydrogen) atoms. The smallest absolute Gasteiger partial charge is 0.119 e. The van der Waals surface area contributed by atoms with Crippen LogP contribution in [0.5, 0.6) is 5.75 Å². The summed E-state index contributed by atoms with van der Waals surface area (Å²) in [5, 5.41) is 3.62. The van der Waals surface area contributed by atoms with Gasteiger partial charge in [-0.3, -0.25) is 0 Å². The second-order valence-corrected chi connectivity index (χ2v) is 4.76. The van der Waals surface area contributed by atoms with Crippen LogP contribution in [0.2, 0.25) is 0 Å². The van der Waals surface area contributed by atoms with Crippen molar-refractivity contribution >= 4 is 5.69 Å². The van der Waals surface area contributed by atoms with Gasteiger partial charge in [-0.15, -0.1) is 0 Å². The van der Waals surface area contributed by atoms with Crippen molar-refractivity contribution in [3.8, 4) is 5.75 Å². The fourth-order valence-electron chi connectivity index (χ4n) is 2.85. The molecule has 2 aliphatic rings. The first-order chi connectivity index (χ1) is 7.85. The van der Waals surface area contributed by atoms with E-state index >= 15 is 0 Å². The maximum atomic E-state index is 5.15. The maximum absolute atomic E-state index is 5.15. The van der Waals surface area contributed by atoms with E-state index < -0.39 is 0 Å². The Hall–Kier alpha value is -1.44. The van der Waals surface area contributed by atoms with Crippen LogP contribution in [0.15, 0.2) is 36.4 Å². The van der Waals surface area contributed by atoms with Gasteiger partial charge in [-0.05, 0) is 48.9 Å². The highest BCUT2D eigenvalue weighted by atomic mass is 16.5. The first-order valence-corrected chi connectivity index (χ1v) is 5.94. The zero-order valence-corrected chi connectivity index (χ0v) is 9.52. The average Bonchev–Trinajstić information content (AvgIpc) is 2.92. The van der Waals surface area contributed by atoms with Crippen molar-refractivity contribution < 1.29 is 4.74 Å². The number of hydrogen-bond acceptors (Lipinski definition) is 2. The van der Waals surface area contributed by atoms with Crippen molar-refractivity contribution in [2.45, 2.75) is 18.9 Å². The lowest BCUT2D eigenvalue weighted by Gasteiger charge is -2.21. The monoisotopic (exact) mass is 215 g/mol. The number of fused-ring (bicyclic) bond motifs is 2. The van der Waals surface area contributed by atoms with Crippen LogP contribution in [0.4, 0.5) is 5.69 Å². The van der Waals surface area contributed by atoms with E-state index in [1.807, 2.05) is 12.1 Å². The Labute approximate surface area is 96.3 Å². The standard InChI is InChI=1S/C14H17NO/c1-16-13-6-4-12(5-7-13)15-14-9-10-2-3-11(14)8-10/h2-7,10-11,14-15H,8-9H2,1H3/t10-,11+,14+/m1/s1. The molecule has 84 valence electrons. The molecule has 0 radical (unpaired) electrons. The van der Waals surface area contributed by atoms with Crippen molar-refractivity contribution in [1.29, 1.82) is 0 Å². The van der Waals surface area contributed by atoms with Crippen molar-refractivity contribution in [1.82, 2.24) is 0 Å². The molecule has 3 atom stereocenters. The fraction of sp³-hybridized carbons (Fsp3) is 0.429. The first-order valence-electron chi connectivity index (χ1n) is 5.94. The van der Waals surface area contributed by atoms with Gasteiger partial charge >= 0.3 is 0 Å². The van der Waals surface area contributed by atoms with Gasteiger partial charge in [0.1, 0.15) is 5.75 Å². The summed E-state index contributed by atoms with van der Waals surface area (Å²) >= 11 is 0. The zero-order valence-electron chi connectivity index (χ0n) is 9.52. The van der Waals surface area contributed by atoms with Gasteiger partial charge in [-0.2, -0.15) is 0 Å². The quantitative estimate of drug-likeness (QED) is 0.782. The third-order valence-electron chi connectivity index (χ3n) is 3.72. The average molecular weight is 215 g/mol. The van der Waals surface area contributed by atoms with E-state index in [4.69, 9.17) is 4.74 Å². The van der Waals surface area contributed by atoms with E-state index in [1.165, 1.54) is 18.5 Å². The molecule has 1 aromatic rings. The summed E-state index contributed by atoms with van der Waals surface area (Å²) in [6.45, 7) is 0. The molecule has 0 aliphatic heterocycles. The first kappa shape index (κ1) is 9.76. The third-order valence-corrected chi connectivity index (χ3v) is 3.72. The summed E-state index contributed by atoms with van der Waals surface area (Å²) in [5.74, 6) is 2.48. The van der Waals surface area contributed by atoms with Crippen LogP contribution in [0.3, 0.4) is 0 Å². The summed E-state index contributed by atoms with van der Waals surface area (Å²) < 4.78 is 5.15. The number of hydrogen-bond donors (Lipinski definition) is 1. The van der Waals surface area contributed by atoms with Crippen molar-refractivity contribution in [2.75, 3.05) is 12.4 Å². The van der Waals surface area contributed by atoms with E-state index in [0.29, 0.717) is 6.04 Å². The van der Waals surface area contributed by atoms with Gasteiger partial charge < -0.3 is 10.1 Å². The number of rotatable bonds is 3. The van der Waals surface area contributed by atoms with Gasteiger partial charge in [-0.1, -0.05) is 12.2 Å². The Bertz CT molecular complexity index is 396. The third kappa shape index (κ3) is 1.69. The SMILES string of the molecule is COc1ccc(N[C@H]2C[C@@H]3C=C[C@H]2C3)cc1. The Morgan fingerprint density at radius 3 is 2.50 bits per heavy atom. The van der Waals surface area contributed by atoms with Crippen LogP contribution < -0.4 is 10.1 Å². The van der Waals surface area contributed by atoms with E-state index in [-0.39, 0.29) is 0 Å². The number of benzene rings is 1. The molecule has 0 heterocycles. The molecule has 0 aromatic heterocycles. The van der Waals surface area contributed by atoms with E-state index in [9.17, 15) is 0 Å². The summed E-state index contributed by atoms with van der Waals surface area (Å²) in [6, 6.07) is 8.82. The van der Waals surface area contributed by atoms with E-state index in [1.54, 1.807) is 7.11 Å². The van der Waals surface area contributed by atoms with Gasteiger partial charge in [-0.25, -0.2) is 0 Å². The van der Waals surface area contributed by atoms with Crippen LogP contribution in [0.25, 0.3) is 0 Å². The van der Waals surface area contributed by atoms with E-state index in [0.717, 1.165) is 17.6 Å². The summed E-state index contributed by atoms with van der Waals surface area (Å²) in [7, 11) is 1.70. The molecule has 1 fully saturated rings. The van der Waals surface area contributed by atoms with E-state index in [2.05, 4.69) is 29.6 Å². The van der Waals surface area contributed by atoms with Gasteiger partial charge in [0.25, 0.3) is 0 Å². The molecule has 0 unspecified atom stereocenters. The highest BCUT2D eigenvalue weighted by Crippen LogP contribution is 2.40. The van der Waals surface area contributed by atoms with Crippen molar-refractivity contribution in [3.63, 3.8) is 0 Å². The Balaban J connectivity index is 1.68. The number of ether oxygens (including phenoxy) is 1. The normalized spacial score (nSPS) is 30.7. The summed E-state index contributed by atoms with van der Waals surface area (Å²) in [6.07, 6.45) is 7.37. The predicted molar refractivity (Wildman–Crippen MR) is 65.8 cm³/mol. The van der Waals surface area contributed by atoms with Crippen LogP contribution in [-0.4, -0.2) is 13.2 Å². The van der Waals surface area contributed by atoms with Crippen LogP contribution >= 0.6 is 0 Å². The molecule has 2 aliphatic carbocycles. The molecule has 1 aromatic carbocycles. The molecule has 1 N–H and O–H groups in total. The number of methoxy groups -OCH3 is 1. The molecule has 0 amide bonds. The molecule has 3 rings (SSSR count). The molecular formula is C14H17NO. The van der Waals surface area contributed by atoms with Crippen LogP contribution in [0, 0.1) is 11.8 Å². The predicted octanol–water partition coefficient (Wildman–Crippen LogP) is 3.07. The molecule has 2 heteroatoms. The molecule has 2 nitrogen and oxygen atoms in total. The lowest BCUT2D eigenvalue weighted by molar-refractivity contribution is 0.415. The number of nitrogens with one attached hydrogen (secondary N) is 1. The molecule has 0 spiro atoms. The minimum absolute atomic E-state index is 0.628. The highest BCUT2D eigenvalue weighted by molar-refractivity contribution is 5.48. The summed E-state index contributed by atoms with van der Waals surface area (Å²) in [5.41, 5.74) is 1.20. The fourth-order valence-corrected chi connectivity index (χ4v) is 2.85. The summed E-state index contributed by atoms with van der Waals surface area (Å²) in [4.78, 5) is 0. The number of anilines is 1. The molecular weight excluding hydrogens is 198 g/mol. The van der Waals surface area contributed by atoms with Gasteiger partial charge in [0.05, 0.1) is 7.11 Å². The van der Waals surface area contributed by atoms with Gasteiger partial charge in [0.2, 0.25) is 0 Å². The van der Waals surface area contributed by atoms with Gasteiger partial charge in [0.15, 0.2) is 0 Å². The second-order valence-electron chi connectivity index (χ2n) is 4.76. The van der Waals surface area contributed by atoms with Gasteiger partial charge in [0, 0.05) is 11.7 Å². The highest BCUT2D eigenvalue weighted by Gasteiger charge is 2.35. The van der Waals surface area contributed by atoms with Crippen molar-refractivity contribution in [3.05, 3.63) is 36.4 Å². The second kappa shape index (κ2) is 3.85. The maximum Gasteiger partial charge on any atom is 0.119 e.